The zero-order valence-electron chi connectivity index (χ0n) is 10.9. The third-order valence-corrected chi connectivity index (χ3v) is 2.91. The molecule has 1 aromatic rings. The number of carbonyl (C=O) groups is 1. The molecule has 0 aromatic carbocycles. The Labute approximate surface area is 116 Å². The molecule has 1 atom stereocenters. The van der Waals surface area contributed by atoms with Gasteiger partial charge in [0.2, 0.25) is 0 Å². The Morgan fingerprint density at radius 3 is 2.72 bits per heavy atom. The first-order valence-electron chi connectivity index (χ1n) is 5.92. The van der Waals surface area contributed by atoms with Gasteiger partial charge in [0.25, 0.3) is 5.91 Å². The lowest BCUT2D eigenvalue weighted by Crippen LogP contribution is -2.41. The van der Waals surface area contributed by atoms with E-state index in [-0.39, 0.29) is 12.5 Å². The lowest BCUT2D eigenvalue weighted by atomic mass is 9.94. The average Bonchev–Trinajstić information content (AvgIpc) is 2.25. The molecule has 0 saturated heterocycles. The minimum absolute atomic E-state index is 0.224. The molecule has 1 unspecified atom stereocenters. The first-order valence-corrected chi connectivity index (χ1v) is 6.71. The van der Waals surface area contributed by atoms with Crippen molar-refractivity contribution >= 4 is 21.8 Å². The molecular formula is C13H19BrN2O2. The van der Waals surface area contributed by atoms with Crippen LogP contribution in [0.15, 0.2) is 22.8 Å². The van der Waals surface area contributed by atoms with Crippen molar-refractivity contribution < 1.29 is 9.90 Å². The smallest absolute Gasteiger partial charge is 0.269 e. The maximum Gasteiger partial charge on any atom is 0.269 e. The summed E-state index contributed by atoms with van der Waals surface area (Å²) < 4.78 is 0.825. The summed E-state index contributed by atoms with van der Waals surface area (Å²) in [6.07, 6.45) is 2.21. The Morgan fingerprint density at radius 2 is 2.22 bits per heavy atom. The molecule has 1 amide bonds. The zero-order valence-corrected chi connectivity index (χ0v) is 12.5. The van der Waals surface area contributed by atoms with Gasteiger partial charge >= 0.3 is 0 Å². The van der Waals surface area contributed by atoms with Gasteiger partial charge in [0.05, 0.1) is 5.60 Å². The number of hydrogen-bond donors (Lipinski definition) is 2. The molecule has 0 bridgehead atoms. The topological polar surface area (TPSA) is 62.2 Å². The Bertz CT molecular complexity index is 402. The number of amides is 1. The van der Waals surface area contributed by atoms with Crippen molar-refractivity contribution in [1.82, 2.24) is 10.3 Å². The molecule has 0 radical (unpaired) electrons. The molecule has 0 aliphatic rings. The van der Waals surface area contributed by atoms with Crippen molar-refractivity contribution in [2.45, 2.75) is 32.8 Å². The molecule has 1 heterocycles. The molecule has 2 N–H and O–H groups in total. The monoisotopic (exact) mass is 314 g/mol. The third-order valence-electron chi connectivity index (χ3n) is 2.44. The van der Waals surface area contributed by atoms with Crippen LogP contribution in [0.5, 0.6) is 0 Å². The van der Waals surface area contributed by atoms with Gasteiger partial charge in [-0.2, -0.15) is 0 Å². The van der Waals surface area contributed by atoms with Crippen molar-refractivity contribution in [3.05, 3.63) is 28.5 Å². The summed E-state index contributed by atoms with van der Waals surface area (Å²) in [5, 5.41) is 12.8. The van der Waals surface area contributed by atoms with Crippen LogP contribution in [0.1, 0.15) is 37.7 Å². The maximum absolute atomic E-state index is 11.8. The van der Waals surface area contributed by atoms with Gasteiger partial charge < -0.3 is 10.4 Å². The summed E-state index contributed by atoms with van der Waals surface area (Å²) in [6, 6.07) is 3.39. The van der Waals surface area contributed by atoms with E-state index in [1.54, 1.807) is 25.3 Å². The van der Waals surface area contributed by atoms with Crippen LogP contribution in [-0.2, 0) is 0 Å². The van der Waals surface area contributed by atoms with Crippen LogP contribution < -0.4 is 5.32 Å². The van der Waals surface area contributed by atoms with Gasteiger partial charge in [0, 0.05) is 17.2 Å². The number of aromatic nitrogens is 1. The lowest BCUT2D eigenvalue weighted by Gasteiger charge is -2.25. The SMILES string of the molecule is CC(C)CC(C)(O)CNC(=O)c1ccc(Br)cn1. The number of nitrogens with one attached hydrogen (secondary N) is 1. The van der Waals surface area contributed by atoms with E-state index in [0.29, 0.717) is 18.0 Å². The molecule has 0 aliphatic heterocycles. The van der Waals surface area contributed by atoms with Gasteiger partial charge in [-0.25, -0.2) is 4.98 Å². The summed E-state index contributed by atoms with van der Waals surface area (Å²) in [4.78, 5) is 15.8. The number of aliphatic hydroxyl groups is 1. The predicted molar refractivity (Wildman–Crippen MR) is 74.3 cm³/mol. The number of rotatable bonds is 5. The fourth-order valence-corrected chi connectivity index (χ4v) is 2.06. The van der Waals surface area contributed by atoms with Gasteiger partial charge in [-0.1, -0.05) is 13.8 Å². The highest BCUT2D eigenvalue weighted by atomic mass is 79.9. The van der Waals surface area contributed by atoms with Crippen LogP contribution in [0.2, 0.25) is 0 Å². The highest BCUT2D eigenvalue weighted by molar-refractivity contribution is 9.10. The molecule has 1 rings (SSSR count). The van der Waals surface area contributed by atoms with E-state index >= 15 is 0 Å². The average molecular weight is 315 g/mol. The van der Waals surface area contributed by atoms with Crippen molar-refractivity contribution in [2.24, 2.45) is 5.92 Å². The summed E-state index contributed by atoms with van der Waals surface area (Å²) in [7, 11) is 0. The molecule has 4 nitrogen and oxygen atoms in total. The molecule has 0 fully saturated rings. The molecule has 0 spiro atoms. The molecule has 0 aliphatic carbocycles. The summed E-state index contributed by atoms with van der Waals surface area (Å²) in [5.41, 5.74) is -0.544. The van der Waals surface area contributed by atoms with E-state index in [2.05, 4.69) is 26.2 Å². The Morgan fingerprint density at radius 1 is 1.56 bits per heavy atom. The second-order valence-corrected chi connectivity index (χ2v) is 6.05. The van der Waals surface area contributed by atoms with Crippen LogP contribution in [0.3, 0.4) is 0 Å². The summed E-state index contributed by atoms with van der Waals surface area (Å²) >= 11 is 3.26. The van der Waals surface area contributed by atoms with Crippen molar-refractivity contribution in [1.29, 1.82) is 0 Å². The Balaban J connectivity index is 2.53. The van der Waals surface area contributed by atoms with Gasteiger partial charge in [-0.3, -0.25) is 4.79 Å². The van der Waals surface area contributed by atoms with Gasteiger partial charge in [0.15, 0.2) is 0 Å². The van der Waals surface area contributed by atoms with Crippen LogP contribution in [-0.4, -0.2) is 28.1 Å². The fourth-order valence-electron chi connectivity index (χ4n) is 1.82. The highest BCUT2D eigenvalue weighted by Gasteiger charge is 2.22. The van der Waals surface area contributed by atoms with E-state index in [4.69, 9.17) is 0 Å². The fraction of sp³-hybridized carbons (Fsp3) is 0.538. The van der Waals surface area contributed by atoms with Crippen LogP contribution in [0.4, 0.5) is 0 Å². The Kier molecular flexibility index (Phi) is 5.28. The van der Waals surface area contributed by atoms with Gasteiger partial charge in [0.1, 0.15) is 5.69 Å². The molecule has 5 heteroatoms. The quantitative estimate of drug-likeness (QED) is 0.877. The number of carbonyl (C=O) groups excluding carboxylic acids is 1. The second-order valence-electron chi connectivity index (χ2n) is 5.14. The molecular weight excluding hydrogens is 296 g/mol. The maximum atomic E-state index is 11.8. The standard InChI is InChI=1S/C13H19BrN2O2/c1-9(2)6-13(3,18)8-16-12(17)11-5-4-10(14)7-15-11/h4-5,7,9,18H,6,8H2,1-3H3,(H,16,17). The first-order chi connectivity index (χ1) is 8.30. The predicted octanol–water partition coefficient (Wildman–Crippen LogP) is 2.37. The first kappa shape index (κ1) is 15.1. The molecule has 100 valence electrons. The molecule has 1 aromatic heterocycles. The number of nitrogens with zero attached hydrogens (tertiary/aromatic N) is 1. The van der Waals surface area contributed by atoms with Crippen molar-refractivity contribution in [2.75, 3.05) is 6.54 Å². The summed E-state index contributed by atoms with van der Waals surface area (Å²) in [5.74, 6) is 0.106. The number of hydrogen-bond acceptors (Lipinski definition) is 3. The highest BCUT2D eigenvalue weighted by Crippen LogP contribution is 2.15. The van der Waals surface area contributed by atoms with Crippen LogP contribution in [0, 0.1) is 5.92 Å². The summed E-state index contributed by atoms with van der Waals surface area (Å²) in [6.45, 7) is 6.02. The second kappa shape index (κ2) is 6.29. The molecule has 0 saturated carbocycles. The van der Waals surface area contributed by atoms with Crippen LogP contribution in [0.25, 0.3) is 0 Å². The zero-order chi connectivity index (χ0) is 13.8. The third kappa shape index (κ3) is 5.14. The van der Waals surface area contributed by atoms with E-state index in [9.17, 15) is 9.90 Å². The van der Waals surface area contributed by atoms with E-state index in [1.165, 1.54) is 0 Å². The number of pyridine rings is 1. The van der Waals surface area contributed by atoms with Gasteiger partial charge in [-0.15, -0.1) is 0 Å². The van der Waals surface area contributed by atoms with Crippen molar-refractivity contribution in [3.63, 3.8) is 0 Å². The normalized spacial score (nSPS) is 14.3. The van der Waals surface area contributed by atoms with E-state index < -0.39 is 5.60 Å². The Hall–Kier alpha value is -0.940. The van der Waals surface area contributed by atoms with Crippen molar-refractivity contribution in [3.8, 4) is 0 Å². The largest absolute Gasteiger partial charge is 0.388 e. The van der Waals surface area contributed by atoms with E-state index in [1.807, 2.05) is 13.8 Å². The van der Waals surface area contributed by atoms with E-state index in [0.717, 1.165) is 4.47 Å². The van der Waals surface area contributed by atoms with Crippen LogP contribution >= 0.6 is 15.9 Å². The minimum Gasteiger partial charge on any atom is -0.388 e. The molecule has 18 heavy (non-hydrogen) atoms. The van der Waals surface area contributed by atoms with Gasteiger partial charge in [-0.05, 0) is 47.3 Å². The number of halogens is 1. The minimum atomic E-state index is -0.890. The lowest BCUT2D eigenvalue weighted by molar-refractivity contribution is 0.0367.